The maximum atomic E-state index is 12.0. The Hall–Kier alpha value is -2.70. The van der Waals surface area contributed by atoms with E-state index in [4.69, 9.17) is 0 Å². The second-order valence-electron chi connectivity index (χ2n) is 5.39. The molecule has 7 heteroatoms. The highest BCUT2D eigenvalue weighted by Gasteiger charge is 2.27. The predicted molar refractivity (Wildman–Crippen MR) is 80.6 cm³/mol. The zero-order valence-electron chi connectivity index (χ0n) is 12.5. The van der Waals surface area contributed by atoms with Gasteiger partial charge in [-0.2, -0.15) is 5.10 Å². The first-order valence-electron chi connectivity index (χ1n) is 7.13. The number of nitrogens with zero attached hydrogens (tertiary/aromatic N) is 3. The molecule has 0 aliphatic carbocycles. The second-order valence-corrected chi connectivity index (χ2v) is 5.39. The molecule has 1 fully saturated rings. The summed E-state index contributed by atoms with van der Waals surface area (Å²) in [5.74, 6) is 0.391. The van der Waals surface area contributed by atoms with E-state index in [-0.39, 0.29) is 11.8 Å². The van der Waals surface area contributed by atoms with Crippen LogP contribution in [0.1, 0.15) is 24.2 Å². The van der Waals surface area contributed by atoms with Gasteiger partial charge in [-0.1, -0.05) is 0 Å². The standard InChI is InChI=1S/C15H17N5O2/c1-9-7-10(2)20(19-9)13-5-3-11(8-16-13)17-15(22)12-4-6-14(21)18-12/h3,5,7-8,12H,4,6H2,1-2H3,(H,17,22)(H,18,21). The Morgan fingerprint density at radius 1 is 1.41 bits per heavy atom. The number of anilines is 1. The minimum atomic E-state index is -0.455. The van der Waals surface area contributed by atoms with E-state index in [1.54, 1.807) is 23.0 Å². The first-order chi connectivity index (χ1) is 10.5. The first-order valence-corrected chi connectivity index (χ1v) is 7.13. The van der Waals surface area contributed by atoms with E-state index in [0.717, 1.165) is 11.4 Å². The number of nitrogens with one attached hydrogen (secondary N) is 2. The molecular weight excluding hydrogens is 282 g/mol. The van der Waals surface area contributed by atoms with Crippen LogP contribution >= 0.6 is 0 Å². The van der Waals surface area contributed by atoms with Gasteiger partial charge >= 0.3 is 0 Å². The van der Waals surface area contributed by atoms with Crippen LogP contribution in [-0.2, 0) is 9.59 Å². The van der Waals surface area contributed by atoms with E-state index in [0.29, 0.717) is 24.3 Å². The van der Waals surface area contributed by atoms with Crippen molar-refractivity contribution in [3.05, 3.63) is 35.8 Å². The van der Waals surface area contributed by atoms with E-state index in [1.165, 1.54) is 0 Å². The minimum absolute atomic E-state index is 0.0850. The fourth-order valence-corrected chi connectivity index (χ4v) is 2.49. The van der Waals surface area contributed by atoms with E-state index in [9.17, 15) is 9.59 Å². The summed E-state index contributed by atoms with van der Waals surface area (Å²) in [6.45, 7) is 3.88. The van der Waals surface area contributed by atoms with Gasteiger partial charge < -0.3 is 10.6 Å². The van der Waals surface area contributed by atoms with Crippen LogP contribution in [-0.4, -0.2) is 32.6 Å². The Kier molecular flexibility index (Phi) is 3.62. The van der Waals surface area contributed by atoms with Crippen molar-refractivity contribution in [1.29, 1.82) is 0 Å². The molecule has 1 aliphatic heterocycles. The van der Waals surface area contributed by atoms with Gasteiger partial charge in [-0.15, -0.1) is 0 Å². The fourth-order valence-electron chi connectivity index (χ4n) is 2.49. The van der Waals surface area contributed by atoms with Gasteiger partial charge in [-0.3, -0.25) is 9.59 Å². The largest absolute Gasteiger partial charge is 0.344 e. The van der Waals surface area contributed by atoms with Gasteiger partial charge in [0, 0.05) is 12.1 Å². The third-order valence-corrected chi connectivity index (χ3v) is 3.55. The van der Waals surface area contributed by atoms with Crippen LogP contribution in [0.4, 0.5) is 5.69 Å². The number of amides is 2. The number of pyridine rings is 1. The average molecular weight is 299 g/mol. The molecule has 114 valence electrons. The van der Waals surface area contributed by atoms with Gasteiger partial charge in [-0.25, -0.2) is 9.67 Å². The zero-order chi connectivity index (χ0) is 15.7. The lowest BCUT2D eigenvalue weighted by Crippen LogP contribution is -2.37. The number of aromatic nitrogens is 3. The number of aryl methyl sites for hydroxylation is 2. The first kappa shape index (κ1) is 14.2. The topological polar surface area (TPSA) is 88.9 Å². The van der Waals surface area contributed by atoms with Crippen molar-refractivity contribution in [2.45, 2.75) is 32.7 Å². The van der Waals surface area contributed by atoms with Gasteiger partial charge in [-0.05, 0) is 38.5 Å². The number of carbonyl (C=O) groups is 2. The summed E-state index contributed by atoms with van der Waals surface area (Å²) in [6, 6.07) is 5.08. The van der Waals surface area contributed by atoms with E-state index in [2.05, 4.69) is 20.7 Å². The summed E-state index contributed by atoms with van der Waals surface area (Å²) in [6.07, 6.45) is 2.51. The second kappa shape index (κ2) is 5.59. The van der Waals surface area contributed by atoms with Gasteiger partial charge in [0.15, 0.2) is 5.82 Å². The molecule has 0 radical (unpaired) electrons. The number of carbonyl (C=O) groups excluding carboxylic acids is 2. The summed E-state index contributed by atoms with van der Waals surface area (Å²) in [5.41, 5.74) is 2.51. The summed E-state index contributed by atoms with van der Waals surface area (Å²) < 4.78 is 1.75. The van der Waals surface area contributed by atoms with Crippen molar-refractivity contribution < 1.29 is 9.59 Å². The van der Waals surface area contributed by atoms with Gasteiger partial charge in [0.1, 0.15) is 6.04 Å². The minimum Gasteiger partial charge on any atom is -0.344 e. The molecule has 0 bridgehead atoms. The van der Waals surface area contributed by atoms with Crippen LogP contribution in [0.15, 0.2) is 24.4 Å². The molecule has 1 saturated heterocycles. The lowest BCUT2D eigenvalue weighted by Gasteiger charge is -2.11. The van der Waals surface area contributed by atoms with Crippen LogP contribution in [0.5, 0.6) is 0 Å². The molecule has 0 spiro atoms. The molecule has 2 aromatic rings. The zero-order valence-corrected chi connectivity index (χ0v) is 12.5. The molecule has 1 unspecified atom stereocenters. The summed E-state index contributed by atoms with van der Waals surface area (Å²) in [4.78, 5) is 27.5. The molecular formula is C15H17N5O2. The Morgan fingerprint density at radius 2 is 2.23 bits per heavy atom. The summed E-state index contributed by atoms with van der Waals surface area (Å²) >= 11 is 0. The Balaban J connectivity index is 1.70. The monoisotopic (exact) mass is 299 g/mol. The van der Waals surface area contributed by atoms with Crippen molar-refractivity contribution in [1.82, 2.24) is 20.1 Å². The quantitative estimate of drug-likeness (QED) is 0.888. The van der Waals surface area contributed by atoms with Gasteiger partial charge in [0.2, 0.25) is 11.8 Å². The summed E-state index contributed by atoms with van der Waals surface area (Å²) in [7, 11) is 0. The molecule has 22 heavy (non-hydrogen) atoms. The SMILES string of the molecule is Cc1cc(C)n(-c2ccc(NC(=O)C3CCC(=O)N3)cn2)n1. The van der Waals surface area contributed by atoms with Crippen molar-refractivity contribution >= 4 is 17.5 Å². The number of rotatable bonds is 3. The Bertz CT molecular complexity index is 720. The number of hydrogen-bond acceptors (Lipinski definition) is 4. The molecule has 1 aliphatic rings. The van der Waals surface area contributed by atoms with Crippen molar-refractivity contribution in [3.63, 3.8) is 0 Å². The van der Waals surface area contributed by atoms with E-state index in [1.807, 2.05) is 19.9 Å². The van der Waals surface area contributed by atoms with E-state index >= 15 is 0 Å². The summed E-state index contributed by atoms with van der Waals surface area (Å²) in [5, 5.41) is 9.75. The maximum absolute atomic E-state index is 12.0. The average Bonchev–Trinajstić information content (AvgIpc) is 3.05. The fraction of sp³-hybridized carbons (Fsp3) is 0.333. The van der Waals surface area contributed by atoms with Gasteiger partial charge in [0.05, 0.1) is 17.6 Å². The molecule has 0 aromatic carbocycles. The highest BCUT2D eigenvalue weighted by atomic mass is 16.2. The molecule has 1 atom stereocenters. The van der Waals surface area contributed by atoms with Crippen LogP contribution in [0.2, 0.25) is 0 Å². The van der Waals surface area contributed by atoms with Crippen molar-refractivity contribution in [2.24, 2.45) is 0 Å². The predicted octanol–water partition coefficient (Wildman–Crippen LogP) is 1.10. The molecule has 0 saturated carbocycles. The Morgan fingerprint density at radius 3 is 2.77 bits per heavy atom. The molecule has 3 heterocycles. The normalized spacial score (nSPS) is 17.4. The highest BCUT2D eigenvalue weighted by molar-refractivity contribution is 5.98. The highest BCUT2D eigenvalue weighted by Crippen LogP contribution is 2.14. The molecule has 3 rings (SSSR count). The van der Waals surface area contributed by atoms with Crippen molar-refractivity contribution in [3.8, 4) is 5.82 Å². The van der Waals surface area contributed by atoms with Crippen molar-refractivity contribution in [2.75, 3.05) is 5.32 Å². The van der Waals surface area contributed by atoms with Crippen LogP contribution in [0, 0.1) is 13.8 Å². The van der Waals surface area contributed by atoms with Crippen LogP contribution in [0.25, 0.3) is 5.82 Å². The third kappa shape index (κ3) is 2.83. The maximum Gasteiger partial charge on any atom is 0.247 e. The third-order valence-electron chi connectivity index (χ3n) is 3.55. The van der Waals surface area contributed by atoms with Crippen LogP contribution in [0.3, 0.4) is 0 Å². The molecule has 2 N–H and O–H groups in total. The Labute approximate surface area is 127 Å². The molecule has 2 aromatic heterocycles. The van der Waals surface area contributed by atoms with Crippen LogP contribution < -0.4 is 10.6 Å². The lowest BCUT2D eigenvalue weighted by molar-refractivity contribution is -0.122. The number of hydrogen-bond donors (Lipinski definition) is 2. The molecule has 2 amide bonds. The van der Waals surface area contributed by atoms with Gasteiger partial charge in [0.25, 0.3) is 0 Å². The van der Waals surface area contributed by atoms with E-state index < -0.39 is 6.04 Å². The smallest absolute Gasteiger partial charge is 0.247 e. The lowest BCUT2D eigenvalue weighted by atomic mass is 10.2. The molecule has 7 nitrogen and oxygen atoms in total.